The van der Waals surface area contributed by atoms with Crippen LogP contribution in [0.3, 0.4) is 0 Å². The summed E-state index contributed by atoms with van der Waals surface area (Å²) in [5.74, 6) is -1.17. The standard InChI is InChI=1S/C20H21FN2O4S/c1-13-3-8-17(14(2)11-13)22-20(26)23-18(24)12-27-19(25)9-10-28-16-6-4-15(21)5-7-16/h3-8,11H,9-10,12H2,1-2H3,(H2,22,23,24,26). The molecule has 0 atom stereocenters. The number of carbonyl (C=O) groups is 3. The summed E-state index contributed by atoms with van der Waals surface area (Å²) in [4.78, 5) is 36.1. The largest absolute Gasteiger partial charge is 0.456 e. The van der Waals surface area contributed by atoms with Gasteiger partial charge in [0.2, 0.25) is 0 Å². The zero-order valence-electron chi connectivity index (χ0n) is 15.6. The highest BCUT2D eigenvalue weighted by Crippen LogP contribution is 2.19. The Bertz CT molecular complexity index is 856. The normalized spacial score (nSPS) is 10.2. The number of hydrogen-bond acceptors (Lipinski definition) is 5. The molecule has 0 unspecified atom stereocenters. The summed E-state index contributed by atoms with van der Waals surface area (Å²) in [6.45, 7) is 3.24. The number of anilines is 1. The van der Waals surface area contributed by atoms with E-state index in [9.17, 15) is 18.8 Å². The Labute approximate surface area is 166 Å². The molecule has 2 aromatic rings. The number of urea groups is 1. The molecule has 0 aliphatic rings. The highest BCUT2D eigenvalue weighted by atomic mass is 32.2. The molecule has 0 aromatic heterocycles. The average molecular weight is 404 g/mol. The van der Waals surface area contributed by atoms with Gasteiger partial charge in [-0.15, -0.1) is 11.8 Å². The molecule has 2 aromatic carbocycles. The van der Waals surface area contributed by atoms with Crippen LogP contribution in [0.4, 0.5) is 14.9 Å². The van der Waals surface area contributed by atoms with Crippen LogP contribution in [0.15, 0.2) is 47.4 Å². The molecule has 0 heterocycles. The van der Waals surface area contributed by atoms with Gasteiger partial charge in [-0.3, -0.25) is 14.9 Å². The fourth-order valence-corrected chi connectivity index (χ4v) is 3.10. The third-order valence-corrected chi connectivity index (χ3v) is 4.65. The van der Waals surface area contributed by atoms with Crippen LogP contribution in [0.25, 0.3) is 0 Å². The molecule has 8 heteroatoms. The first-order valence-electron chi connectivity index (χ1n) is 8.55. The van der Waals surface area contributed by atoms with Gasteiger partial charge in [0.1, 0.15) is 5.82 Å². The summed E-state index contributed by atoms with van der Waals surface area (Å²) in [6, 6.07) is 10.7. The molecule has 0 radical (unpaired) electrons. The first kappa shape index (κ1) is 21.4. The number of ether oxygens (including phenoxy) is 1. The minimum atomic E-state index is -0.721. The second-order valence-corrected chi connectivity index (χ2v) is 7.20. The van der Waals surface area contributed by atoms with Gasteiger partial charge in [0.05, 0.1) is 6.42 Å². The van der Waals surface area contributed by atoms with Crippen LogP contribution in [-0.4, -0.2) is 30.3 Å². The zero-order chi connectivity index (χ0) is 20.5. The minimum Gasteiger partial charge on any atom is -0.456 e. The van der Waals surface area contributed by atoms with E-state index in [0.29, 0.717) is 11.4 Å². The first-order chi connectivity index (χ1) is 13.3. The smallest absolute Gasteiger partial charge is 0.325 e. The number of thioether (sulfide) groups is 1. The van der Waals surface area contributed by atoms with Crippen molar-refractivity contribution in [2.45, 2.75) is 25.2 Å². The van der Waals surface area contributed by atoms with E-state index in [1.807, 2.05) is 26.0 Å². The number of imide groups is 1. The molecule has 28 heavy (non-hydrogen) atoms. The highest BCUT2D eigenvalue weighted by Gasteiger charge is 2.12. The maximum absolute atomic E-state index is 12.8. The SMILES string of the molecule is Cc1ccc(NC(=O)NC(=O)COC(=O)CCSc2ccc(F)cc2)c(C)c1. The molecular formula is C20H21FN2O4S. The van der Waals surface area contributed by atoms with E-state index in [1.165, 1.54) is 23.9 Å². The van der Waals surface area contributed by atoms with E-state index in [-0.39, 0.29) is 12.2 Å². The molecule has 0 spiro atoms. The molecular weight excluding hydrogens is 383 g/mol. The number of hydrogen-bond donors (Lipinski definition) is 2. The van der Waals surface area contributed by atoms with Gasteiger partial charge in [-0.1, -0.05) is 17.7 Å². The van der Waals surface area contributed by atoms with Crippen molar-refractivity contribution in [2.75, 3.05) is 17.7 Å². The number of benzene rings is 2. The number of aryl methyl sites for hydroxylation is 2. The van der Waals surface area contributed by atoms with Crippen molar-refractivity contribution in [2.24, 2.45) is 0 Å². The van der Waals surface area contributed by atoms with Crippen LogP contribution < -0.4 is 10.6 Å². The van der Waals surface area contributed by atoms with Crippen molar-refractivity contribution < 1.29 is 23.5 Å². The molecule has 0 saturated carbocycles. The predicted octanol–water partition coefficient (Wildman–Crippen LogP) is 3.82. The fourth-order valence-electron chi connectivity index (χ4n) is 2.27. The Morgan fingerprint density at radius 1 is 1.07 bits per heavy atom. The van der Waals surface area contributed by atoms with E-state index in [2.05, 4.69) is 10.6 Å². The summed E-state index contributed by atoms with van der Waals surface area (Å²) >= 11 is 1.37. The van der Waals surface area contributed by atoms with Gasteiger partial charge >= 0.3 is 12.0 Å². The second-order valence-electron chi connectivity index (χ2n) is 6.03. The van der Waals surface area contributed by atoms with Crippen molar-refractivity contribution in [3.05, 3.63) is 59.4 Å². The molecule has 148 valence electrons. The number of nitrogens with one attached hydrogen (secondary N) is 2. The van der Waals surface area contributed by atoms with Gasteiger partial charge in [-0.25, -0.2) is 9.18 Å². The number of rotatable bonds is 7. The fraction of sp³-hybridized carbons (Fsp3) is 0.250. The van der Waals surface area contributed by atoms with Crippen LogP contribution in [0, 0.1) is 19.7 Å². The van der Waals surface area contributed by atoms with Crippen LogP contribution in [0.5, 0.6) is 0 Å². The molecule has 0 aliphatic carbocycles. The van der Waals surface area contributed by atoms with Gasteiger partial charge in [0.25, 0.3) is 5.91 Å². The maximum Gasteiger partial charge on any atom is 0.325 e. The molecule has 3 amide bonds. The molecule has 2 N–H and O–H groups in total. The van der Waals surface area contributed by atoms with Gasteiger partial charge in [0, 0.05) is 16.3 Å². The minimum absolute atomic E-state index is 0.0874. The summed E-state index contributed by atoms with van der Waals surface area (Å²) in [7, 11) is 0. The lowest BCUT2D eigenvalue weighted by molar-refractivity contribution is -0.147. The maximum atomic E-state index is 12.8. The second kappa shape index (κ2) is 10.5. The quantitative estimate of drug-likeness (QED) is 0.541. The first-order valence-corrected chi connectivity index (χ1v) is 9.54. The van der Waals surface area contributed by atoms with Crippen LogP contribution >= 0.6 is 11.8 Å². The van der Waals surface area contributed by atoms with Gasteiger partial charge < -0.3 is 10.1 Å². The van der Waals surface area contributed by atoms with E-state index in [4.69, 9.17) is 4.74 Å². The number of carbonyl (C=O) groups excluding carboxylic acids is 3. The predicted molar refractivity (Wildman–Crippen MR) is 106 cm³/mol. The summed E-state index contributed by atoms with van der Waals surface area (Å²) in [5, 5.41) is 4.68. The molecule has 0 saturated heterocycles. The van der Waals surface area contributed by atoms with Crippen molar-refractivity contribution >= 4 is 35.4 Å². The van der Waals surface area contributed by atoms with E-state index in [0.717, 1.165) is 16.0 Å². The van der Waals surface area contributed by atoms with E-state index in [1.54, 1.807) is 18.2 Å². The number of amides is 3. The lowest BCUT2D eigenvalue weighted by Crippen LogP contribution is -2.37. The van der Waals surface area contributed by atoms with Crippen LogP contribution in [-0.2, 0) is 14.3 Å². The third kappa shape index (κ3) is 7.40. The van der Waals surface area contributed by atoms with Crippen molar-refractivity contribution in [3.63, 3.8) is 0 Å². The number of halogens is 1. The molecule has 2 rings (SSSR count). The lowest BCUT2D eigenvalue weighted by Gasteiger charge is -2.10. The Hall–Kier alpha value is -2.87. The summed E-state index contributed by atoms with van der Waals surface area (Å²) in [6.07, 6.45) is 0.0874. The van der Waals surface area contributed by atoms with E-state index < -0.39 is 24.5 Å². The Balaban J connectivity index is 1.66. The average Bonchev–Trinajstić information content (AvgIpc) is 2.64. The van der Waals surface area contributed by atoms with Crippen LogP contribution in [0.1, 0.15) is 17.5 Å². The summed E-state index contributed by atoms with van der Waals surface area (Å²) < 4.78 is 17.7. The Morgan fingerprint density at radius 2 is 1.79 bits per heavy atom. The molecule has 0 fully saturated rings. The van der Waals surface area contributed by atoms with E-state index >= 15 is 0 Å². The topological polar surface area (TPSA) is 84.5 Å². The van der Waals surface area contributed by atoms with Crippen LogP contribution in [0.2, 0.25) is 0 Å². The Morgan fingerprint density at radius 3 is 2.46 bits per heavy atom. The molecule has 0 aliphatic heterocycles. The lowest BCUT2D eigenvalue weighted by atomic mass is 10.1. The summed E-state index contributed by atoms with van der Waals surface area (Å²) in [5.41, 5.74) is 2.52. The Kier molecular flexibility index (Phi) is 8.01. The van der Waals surface area contributed by atoms with Crippen molar-refractivity contribution in [3.8, 4) is 0 Å². The van der Waals surface area contributed by atoms with Gasteiger partial charge in [-0.2, -0.15) is 0 Å². The monoisotopic (exact) mass is 404 g/mol. The number of esters is 1. The third-order valence-electron chi connectivity index (χ3n) is 3.64. The zero-order valence-corrected chi connectivity index (χ0v) is 16.4. The van der Waals surface area contributed by atoms with Crippen molar-refractivity contribution in [1.82, 2.24) is 5.32 Å². The van der Waals surface area contributed by atoms with Gasteiger partial charge in [-0.05, 0) is 49.7 Å². The molecule has 6 nitrogen and oxygen atoms in total. The molecule has 0 bridgehead atoms. The van der Waals surface area contributed by atoms with Gasteiger partial charge in [0.15, 0.2) is 6.61 Å². The van der Waals surface area contributed by atoms with Crippen molar-refractivity contribution in [1.29, 1.82) is 0 Å². The highest BCUT2D eigenvalue weighted by molar-refractivity contribution is 7.99.